The lowest BCUT2D eigenvalue weighted by Crippen LogP contribution is -2.57. The fourth-order valence-corrected chi connectivity index (χ4v) is 12.0. The van der Waals surface area contributed by atoms with Crippen LogP contribution < -0.4 is 5.73 Å². The predicted octanol–water partition coefficient (Wildman–Crippen LogP) is 6.73. The van der Waals surface area contributed by atoms with Crippen LogP contribution in [0.5, 0.6) is 0 Å². The minimum atomic E-state index is 0.350. The van der Waals surface area contributed by atoms with Crippen LogP contribution in [0.1, 0.15) is 130 Å². The SMILES string of the molecule is CCC[C@@H]1CN([C@H](CC2CCCCC2)N2CCC[C@H]2CN2C(N)=NC[C@H]2CC(C)C)C(=N)N1CC12CC3CC(CC(C3)C1)C2. The number of nitrogens with two attached hydrogens (primary N) is 1. The minimum Gasteiger partial charge on any atom is -0.370 e. The molecule has 2 saturated heterocycles. The zero-order valence-electron chi connectivity index (χ0n) is 28.6. The molecule has 3 heterocycles. The fourth-order valence-electron chi connectivity index (χ4n) is 12.0. The van der Waals surface area contributed by atoms with Crippen LogP contribution >= 0.6 is 0 Å². The van der Waals surface area contributed by atoms with Gasteiger partial charge in [-0.25, -0.2) is 0 Å². The molecular formula is C37H65N7. The van der Waals surface area contributed by atoms with E-state index in [0.29, 0.717) is 35.6 Å². The highest BCUT2D eigenvalue weighted by Crippen LogP contribution is 2.60. The highest BCUT2D eigenvalue weighted by molar-refractivity contribution is 5.80. The quantitative estimate of drug-likeness (QED) is 0.257. The van der Waals surface area contributed by atoms with E-state index in [-0.39, 0.29) is 0 Å². The topological polar surface area (TPSA) is 75.2 Å². The normalized spacial score (nSPS) is 38.5. The molecule has 0 aromatic carbocycles. The monoisotopic (exact) mass is 608 g/mol. The molecule has 0 spiro atoms. The summed E-state index contributed by atoms with van der Waals surface area (Å²) in [7, 11) is 0. The molecule has 8 rings (SSSR count). The lowest BCUT2D eigenvalue weighted by Gasteiger charge is -2.58. The van der Waals surface area contributed by atoms with Crippen molar-refractivity contribution in [3.05, 3.63) is 0 Å². The molecule has 7 fully saturated rings. The highest BCUT2D eigenvalue weighted by Gasteiger charge is 2.53. The lowest BCUT2D eigenvalue weighted by molar-refractivity contribution is -0.0638. The van der Waals surface area contributed by atoms with Gasteiger partial charge in [-0.3, -0.25) is 15.3 Å². The Morgan fingerprint density at radius 3 is 2.25 bits per heavy atom. The number of rotatable bonds is 12. The van der Waals surface area contributed by atoms with E-state index < -0.39 is 0 Å². The Labute approximate surface area is 269 Å². The van der Waals surface area contributed by atoms with Crippen molar-refractivity contribution in [2.45, 2.75) is 154 Å². The summed E-state index contributed by atoms with van der Waals surface area (Å²) in [5, 5.41) is 9.90. The van der Waals surface area contributed by atoms with Crippen molar-refractivity contribution >= 4 is 11.9 Å². The standard InChI is InChI=1S/C37H65N7/c1-4-9-31-24-43(36(39)44(31)25-37-19-28-15-29(20-37)17-30(16-28)21-37)34(18-27-10-6-5-7-11-27)41-13-8-12-32(41)23-42-33(14-26(2)3)22-40-35(42)38/h26-34,39H,4-25H2,1-3H3,(H2,38,40)/t28?,29?,30?,31-,32+,33-,34-,37?/m1/s1. The zero-order valence-corrected chi connectivity index (χ0v) is 28.6. The van der Waals surface area contributed by atoms with Crippen molar-refractivity contribution in [2.24, 2.45) is 45.7 Å². The molecule has 3 aliphatic heterocycles. The van der Waals surface area contributed by atoms with Crippen molar-refractivity contribution < 1.29 is 0 Å². The molecule has 7 nitrogen and oxygen atoms in total. The zero-order chi connectivity index (χ0) is 30.4. The lowest BCUT2D eigenvalue weighted by atomic mass is 9.49. The van der Waals surface area contributed by atoms with Gasteiger partial charge in [0.05, 0.1) is 18.8 Å². The summed E-state index contributed by atoms with van der Waals surface area (Å²) >= 11 is 0. The molecule has 0 unspecified atom stereocenters. The number of nitrogens with one attached hydrogen (secondary N) is 1. The Morgan fingerprint density at radius 1 is 0.886 bits per heavy atom. The largest absolute Gasteiger partial charge is 0.370 e. The smallest absolute Gasteiger partial charge is 0.195 e. The Balaban J connectivity index is 1.12. The number of hydrogen-bond donors (Lipinski definition) is 2. The second-order valence-corrected chi connectivity index (χ2v) is 17.4. The summed E-state index contributed by atoms with van der Waals surface area (Å²) in [5.41, 5.74) is 7.04. The molecule has 0 aromatic heterocycles. The Kier molecular flexibility index (Phi) is 9.16. The average Bonchev–Trinajstić information content (AvgIpc) is 3.66. The van der Waals surface area contributed by atoms with E-state index >= 15 is 0 Å². The third-order valence-electron chi connectivity index (χ3n) is 13.5. The second-order valence-electron chi connectivity index (χ2n) is 17.4. The summed E-state index contributed by atoms with van der Waals surface area (Å²) in [4.78, 5) is 15.4. The van der Waals surface area contributed by atoms with Gasteiger partial charge in [0, 0.05) is 38.3 Å². The van der Waals surface area contributed by atoms with Crippen LogP contribution in [0.4, 0.5) is 0 Å². The summed E-state index contributed by atoms with van der Waals surface area (Å²) in [6.07, 6.45) is 23.5. The molecular weight excluding hydrogens is 542 g/mol. The Morgan fingerprint density at radius 2 is 1.59 bits per heavy atom. The van der Waals surface area contributed by atoms with Crippen molar-refractivity contribution in [1.29, 1.82) is 5.41 Å². The van der Waals surface area contributed by atoms with E-state index in [4.69, 9.17) is 10.7 Å². The molecule has 0 amide bonds. The molecule has 8 aliphatic rings. The van der Waals surface area contributed by atoms with Crippen LogP contribution in [0, 0.1) is 40.4 Å². The van der Waals surface area contributed by atoms with E-state index in [2.05, 4.69) is 40.4 Å². The predicted molar refractivity (Wildman–Crippen MR) is 182 cm³/mol. The number of likely N-dealkylation sites (tertiary alicyclic amines) is 1. The number of nitrogens with zero attached hydrogens (tertiary/aromatic N) is 5. The first-order chi connectivity index (χ1) is 21.3. The third-order valence-corrected chi connectivity index (χ3v) is 13.5. The van der Waals surface area contributed by atoms with Gasteiger partial charge in [-0.05, 0) is 106 Å². The van der Waals surface area contributed by atoms with Gasteiger partial charge >= 0.3 is 0 Å². The number of aliphatic imine (C=N–C) groups is 1. The minimum absolute atomic E-state index is 0.350. The Bertz CT molecular complexity index is 998. The molecule has 0 radical (unpaired) electrons. The van der Waals surface area contributed by atoms with Gasteiger partial charge in [0.2, 0.25) is 0 Å². The van der Waals surface area contributed by atoms with Gasteiger partial charge in [-0.1, -0.05) is 59.3 Å². The van der Waals surface area contributed by atoms with E-state index in [9.17, 15) is 5.41 Å². The van der Waals surface area contributed by atoms with Crippen LogP contribution in [0.2, 0.25) is 0 Å². The second kappa shape index (κ2) is 13.0. The highest BCUT2D eigenvalue weighted by atomic mass is 15.5. The first kappa shape index (κ1) is 31.1. The van der Waals surface area contributed by atoms with E-state index in [1.807, 2.05) is 0 Å². The number of guanidine groups is 2. The van der Waals surface area contributed by atoms with E-state index in [0.717, 1.165) is 68.2 Å². The third kappa shape index (κ3) is 6.26. The summed E-state index contributed by atoms with van der Waals surface area (Å²) in [6, 6.07) is 1.45. The summed E-state index contributed by atoms with van der Waals surface area (Å²) in [6.45, 7) is 12.3. The van der Waals surface area contributed by atoms with Crippen molar-refractivity contribution in [2.75, 3.05) is 32.7 Å². The maximum absolute atomic E-state index is 9.90. The van der Waals surface area contributed by atoms with Crippen molar-refractivity contribution in [3.63, 3.8) is 0 Å². The van der Waals surface area contributed by atoms with Gasteiger partial charge < -0.3 is 20.4 Å². The molecule has 7 heteroatoms. The van der Waals surface area contributed by atoms with Crippen LogP contribution in [0.3, 0.4) is 0 Å². The summed E-state index contributed by atoms with van der Waals surface area (Å²) < 4.78 is 0. The van der Waals surface area contributed by atoms with Gasteiger partial charge in [0.1, 0.15) is 0 Å². The molecule has 4 atom stereocenters. The number of hydrogen-bond acceptors (Lipinski definition) is 5. The molecule has 4 bridgehead atoms. The van der Waals surface area contributed by atoms with Crippen LogP contribution in [-0.4, -0.2) is 88.5 Å². The van der Waals surface area contributed by atoms with Crippen LogP contribution in [0.15, 0.2) is 4.99 Å². The molecule has 5 aliphatic carbocycles. The Hall–Kier alpha value is -1.50. The fraction of sp³-hybridized carbons (Fsp3) is 0.946. The van der Waals surface area contributed by atoms with Crippen molar-refractivity contribution in [1.82, 2.24) is 19.6 Å². The maximum atomic E-state index is 9.90. The molecule has 3 N–H and O–H groups in total. The first-order valence-corrected chi connectivity index (χ1v) is 19.2. The van der Waals surface area contributed by atoms with Gasteiger partial charge in [0.15, 0.2) is 11.9 Å². The van der Waals surface area contributed by atoms with Gasteiger partial charge in [0.25, 0.3) is 0 Å². The van der Waals surface area contributed by atoms with Crippen LogP contribution in [-0.2, 0) is 0 Å². The maximum Gasteiger partial charge on any atom is 0.195 e. The van der Waals surface area contributed by atoms with Gasteiger partial charge in [-0.15, -0.1) is 0 Å². The molecule has 248 valence electrons. The summed E-state index contributed by atoms with van der Waals surface area (Å²) in [5.74, 6) is 6.04. The molecule has 0 aromatic rings. The molecule has 44 heavy (non-hydrogen) atoms. The van der Waals surface area contributed by atoms with Crippen LogP contribution in [0.25, 0.3) is 0 Å². The first-order valence-electron chi connectivity index (χ1n) is 19.2. The van der Waals surface area contributed by atoms with E-state index in [1.54, 1.807) is 0 Å². The average molecular weight is 608 g/mol. The van der Waals surface area contributed by atoms with Gasteiger partial charge in [-0.2, -0.15) is 0 Å². The molecule has 5 saturated carbocycles. The van der Waals surface area contributed by atoms with Crippen molar-refractivity contribution in [3.8, 4) is 0 Å². The van der Waals surface area contributed by atoms with E-state index in [1.165, 1.54) is 109 Å².